The number of aryl methyl sites for hydroxylation is 1. The van der Waals surface area contributed by atoms with Gasteiger partial charge in [0.05, 0.1) is 19.3 Å². The normalized spacial score (nSPS) is 15.6. The first-order chi connectivity index (χ1) is 11.3. The molecule has 0 saturated carbocycles. The van der Waals surface area contributed by atoms with Crippen molar-refractivity contribution >= 4 is 11.5 Å². The fourth-order valence-electron chi connectivity index (χ4n) is 2.60. The number of hydrogen-bond donors (Lipinski definition) is 1. The lowest BCUT2D eigenvalue weighted by Crippen LogP contribution is -2.53. The van der Waals surface area contributed by atoms with Crippen LogP contribution in [0.4, 0.5) is 19.0 Å². The average molecular weight is 341 g/mol. The number of alkyl halides is 3. The number of aromatic nitrogens is 3. The fourth-order valence-corrected chi connectivity index (χ4v) is 2.60. The molecule has 0 radical (unpaired) electrons. The summed E-state index contributed by atoms with van der Waals surface area (Å²) in [7, 11) is 0. The first-order valence-corrected chi connectivity index (χ1v) is 7.20. The molecule has 0 atom stereocenters. The number of anilines is 1. The number of rotatable bonds is 4. The third kappa shape index (κ3) is 2.76. The van der Waals surface area contributed by atoms with Gasteiger partial charge in [-0.15, -0.1) is 0 Å². The number of fused-ring (bicyclic) bond motifs is 1. The maximum absolute atomic E-state index is 13.1. The van der Waals surface area contributed by atoms with Gasteiger partial charge in [-0.1, -0.05) is 0 Å². The molecule has 0 bridgehead atoms. The number of aliphatic hydroxyl groups is 1. The Morgan fingerprint density at radius 3 is 2.75 bits per heavy atom. The van der Waals surface area contributed by atoms with Crippen LogP contribution in [-0.2, 0) is 10.9 Å². The zero-order valence-electron chi connectivity index (χ0n) is 12.7. The van der Waals surface area contributed by atoms with Gasteiger partial charge in [0, 0.05) is 24.8 Å². The van der Waals surface area contributed by atoms with Crippen molar-refractivity contribution in [3.63, 3.8) is 0 Å². The smallest absolute Gasteiger partial charge is 0.394 e. The van der Waals surface area contributed by atoms with E-state index in [1.54, 1.807) is 24.0 Å². The molecule has 0 aromatic carbocycles. The molecule has 1 saturated heterocycles. The first-order valence-electron chi connectivity index (χ1n) is 7.20. The molecule has 1 aliphatic heterocycles. The lowest BCUT2D eigenvalue weighted by molar-refractivity contribution is -0.141. The Hall–Kier alpha value is -2.38. The molecule has 2 aromatic rings. The predicted octanol–water partition coefficient (Wildman–Crippen LogP) is 1.13. The summed E-state index contributed by atoms with van der Waals surface area (Å²) in [5.74, 6) is 0.424. The molecule has 1 N–H and O–H groups in total. The lowest BCUT2D eigenvalue weighted by atomic mass is 10.1. The van der Waals surface area contributed by atoms with Crippen molar-refractivity contribution < 1.29 is 23.0 Å². The summed E-state index contributed by atoms with van der Waals surface area (Å²) in [6.07, 6.45) is -4.83. The van der Waals surface area contributed by atoms with Crippen LogP contribution in [0.1, 0.15) is 17.0 Å². The van der Waals surface area contributed by atoms with Gasteiger partial charge in [-0.05, 0) is 6.92 Å². The quantitative estimate of drug-likeness (QED) is 0.897. The Bertz CT molecular complexity index is 805. The molecule has 0 spiro atoms. The van der Waals surface area contributed by atoms with Gasteiger partial charge in [0.1, 0.15) is 17.5 Å². The molecule has 3 rings (SSSR count). The van der Waals surface area contributed by atoms with Crippen LogP contribution in [-0.4, -0.2) is 52.1 Å². The third-order valence-corrected chi connectivity index (χ3v) is 3.70. The van der Waals surface area contributed by atoms with Crippen LogP contribution in [0.25, 0.3) is 5.65 Å². The van der Waals surface area contributed by atoms with Crippen LogP contribution in [0.15, 0.2) is 6.07 Å². The largest absolute Gasteiger partial charge is 0.436 e. The Labute approximate surface area is 134 Å². The van der Waals surface area contributed by atoms with Gasteiger partial charge < -0.3 is 14.7 Å². The topological polar surface area (TPSA) is 86.7 Å². The summed E-state index contributed by atoms with van der Waals surface area (Å²) < 4.78 is 45.7. The maximum Gasteiger partial charge on any atom is 0.436 e. The van der Waals surface area contributed by atoms with E-state index in [4.69, 9.17) is 15.1 Å². The minimum Gasteiger partial charge on any atom is -0.394 e. The molecule has 1 fully saturated rings. The molecule has 0 unspecified atom stereocenters. The molecule has 1 aliphatic rings. The summed E-state index contributed by atoms with van der Waals surface area (Å²) in [4.78, 5) is 5.83. The standard InChI is InChI=1S/C14H14F3N5O2/c1-8-4-11(21-6-9(7-21)24-3-2-23)22-13(19-8)10(5-18)12(20-22)14(15,16)17/h4,9,23H,2-3,6-7H2,1H3. The van der Waals surface area contributed by atoms with E-state index >= 15 is 0 Å². The van der Waals surface area contributed by atoms with E-state index in [9.17, 15) is 13.2 Å². The van der Waals surface area contributed by atoms with Crippen LogP contribution in [0.2, 0.25) is 0 Å². The summed E-state index contributed by atoms with van der Waals surface area (Å²) in [5.41, 5.74) is -1.44. The van der Waals surface area contributed by atoms with Gasteiger partial charge in [-0.25, -0.2) is 4.98 Å². The molecular weight excluding hydrogens is 327 g/mol. The highest BCUT2D eigenvalue weighted by molar-refractivity contribution is 5.63. The Morgan fingerprint density at radius 1 is 1.46 bits per heavy atom. The SMILES string of the molecule is Cc1cc(N2CC(OCCO)C2)n2nc(C(F)(F)F)c(C#N)c2n1. The molecule has 2 aromatic heterocycles. The molecule has 10 heteroatoms. The Morgan fingerprint density at radius 2 is 2.17 bits per heavy atom. The summed E-state index contributed by atoms with van der Waals surface area (Å²) in [6, 6.07) is 3.17. The van der Waals surface area contributed by atoms with E-state index in [-0.39, 0.29) is 25.0 Å². The second kappa shape index (κ2) is 5.92. The minimum atomic E-state index is -4.73. The zero-order chi connectivity index (χ0) is 17.5. The van der Waals surface area contributed by atoms with Crippen molar-refractivity contribution in [1.82, 2.24) is 14.6 Å². The van der Waals surface area contributed by atoms with E-state index in [0.29, 0.717) is 24.6 Å². The number of ether oxygens (including phenoxy) is 1. The van der Waals surface area contributed by atoms with Crippen molar-refractivity contribution in [3.05, 3.63) is 23.0 Å². The van der Waals surface area contributed by atoms with Crippen molar-refractivity contribution in [3.8, 4) is 6.07 Å². The van der Waals surface area contributed by atoms with Gasteiger partial charge in [-0.3, -0.25) is 0 Å². The van der Waals surface area contributed by atoms with Crippen molar-refractivity contribution in [2.45, 2.75) is 19.2 Å². The Balaban J connectivity index is 2.01. The molecule has 0 aliphatic carbocycles. The third-order valence-electron chi connectivity index (χ3n) is 3.70. The second-order valence-corrected chi connectivity index (χ2v) is 5.45. The summed E-state index contributed by atoms with van der Waals surface area (Å²) in [5, 5.41) is 21.4. The molecule has 7 nitrogen and oxygen atoms in total. The van der Waals surface area contributed by atoms with E-state index in [1.807, 2.05) is 0 Å². The molecule has 0 amide bonds. The number of halogens is 3. The van der Waals surface area contributed by atoms with Gasteiger partial charge in [0.2, 0.25) is 0 Å². The number of nitriles is 1. The van der Waals surface area contributed by atoms with E-state index in [0.717, 1.165) is 4.52 Å². The zero-order valence-corrected chi connectivity index (χ0v) is 12.7. The second-order valence-electron chi connectivity index (χ2n) is 5.45. The highest BCUT2D eigenvalue weighted by Gasteiger charge is 2.40. The van der Waals surface area contributed by atoms with Crippen LogP contribution in [0, 0.1) is 18.3 Å². The van der Waals surface area contributed by atoms with E-state index < -0.39 is 17.4 Å². The number of aliphatic hydroxyl groups excluding tert-OH is 1. The van der Waals surface area contributed by atoms with Gasteiger partial charge in [-0.2, -0.15) is 28.0 Å². The van der Waals surface area contributed by atoms with Crippen LogP contribution >= 0.6 is 0 Å². The summed E-state index contributed by atoms with van der Waals surface area (Å²) in [6.45, 7) is 2.68. The maximum atomic E-state index is 13.1. The number of nitrogens with zero attached hydrogens (tertiary/aromatic N) is 5. The van der Waals surface area contributed by atoms with Crippen LogP contribution in [0.3, 0.4) is 0 Å². The summed E-state index contributed by atoms with van der Waals surface area (Å²) >= 11 is 0. The van der Waals surface area contributed by atoms with E-state index in [2.05, 4.69) is 10.1 Å². The minimum absolute atomic E-state index is 0.0886. The average Bonchev–Trinajstić information content (AvgIpc) is 2.84. The first kappa shape index (κ1) is 16.5. The monoisotopic (exact) mass is 341 g/mol. The lowest BCUT2D eigenvalue weighted by Gasteiger charge is -2.40. The molecule has 24 heavy (non-hydrogen) atoms. The van der Waals surface area contributed by atoms with Crippen LogP contribution in [0.5, 0.6) is 0 Å². The van der Waals surface area contributed by atoms with Crippen molar-refractivity contribution in [2.75, 3.05) is 31.2 Å². The molecule has 3 heterocycles. The number of hydrogen-bond acceptors (Lipinski definition) is 6. The van der Waals surface area contributed by atoms with Crippen molar-refractivity contribution in [2.24, 2.45) is 0 Å². The molecular formula is C14H14F3N5O2. The van der Waals surface area contributed by atoms with Gasteiger partial charge in [0.25, 0.3) is 0 Å². The van der Waals surface area contributed by atoms with E-state index in [1.165, 1.54) is 0 Å². The predicted molar refractivity (Wildman–Crippen MR) is 76.5 cm³/mol. The highest BCUT2D eigenvalue weighted by Crippen LogP contribution is 2.34. The van der Waals surface area contributed by atoms with Crippen molar-refractivity contribution in [1.29, 1.82) is 5.26 Å². The van der Waals surface area contributed by atoms with Gasteiger partial charge >= 0.3 is 6.18 Å². The Kier molecular flexibility index (Phi) is 4.06. The molecule has 128 valence electrons. The van der Waals surface area contributed by atoms with Crippen LogP contribution < -0.4 is 4.90 Å². The van der Waals surface area contributed by atoms with Gasteiger partial charge in [0.15, 0.2) is 11.3 Å². The highest BCUT2D eigenvalue weighted by atomic mass is 19.4. The fraction of sp³-hybridized carbons (Fsp3) is 0.500.